The number of ether oxygens (including phenoxy) is 1. The summed E-state index contributed by atoms with van der Waals surface area (Å²) < 4.78 is 5.87. The number of nitro groups is 1. The van der Waals surface area contributed by atoms with Gasteiger partial charge in [-0.2, -0.15) is 0 Å². The third-order valence-corrected chi connectivity index (χ3v) is 4.32. The second-order valence-electron chi connectivity index (χ2n) is 5.93. The number of hydrogen-bond acceptors (Lipinski definition) is 4. The summed E-state index contributed by atoms with van der Waals surface area (Å²) in [5, 5.41) is 11.2. The highest BCUT2D eigenvalue weighted by atomic mass is 16.6. The van der Waals surface area contributed by atoms with E-state index in [0.29, 0.717) is 18.4 Å². The zero-order valence-electron chi connectivity index (χ0n) is 13.1. The first-order valence-corrected chi connectivity index (χ1v) is 7.81. The molecule has 0 spiro atoms. The Bertz CT molecular complexity index is 688. The van der Waals surface area contributed by atoms with Crippen molar-refractivity contribution in [2.75, 3.05) is 20.2 Å². The number of nitrogens with zero attached hydrogens (tertiary/aromatic N) is 2. The van der Waals surface area contributed by atoms with Crippen molar-refractivity contribution >= 4 is 5.69 Å². The Morgan fingerprint density at radius 2 is 2.00 bits per heavy atom. The molecule has 23 heavy (non-hydrogen) atoms. The molecule has 120 valence electrons. The van der Waals surface area contributed by atoms with Crippen molar-refractivity contribution in [3.8, 4) is 16.9 Å². The van der Waals surface area contributed by atoms with Crippen LogP contribution < -0.4 is 4.74 Å². The molecule has 1 aliphatic heterocycles. The van der Waals surface area contributed by atoms with Gasteiger partial charge in [0.25, 0.3) is 5.69 Å². The lowest BCUT2D eigenvalue weighted by atomic mass is 10.0. The van der Waals surface area contributed by atoms with E-state index in [-0.39, 0.29) is 10.6 Å². The van der Waals surface area contributed by atoms with E-state index in [2.05, 4.69) is 11.9 Å². The molecule has 3 rings (SSSR count). The Hall–Kier alpha value is -2.40. The van der Waals surface area contributed by atoms with E-state index in [9.17, 15) is 10.1 Å². The van der Waals surface area contributed by atoms with Gasteiger partial charge in [-0.25, -0.2) is 0 Å². The van der Waals surface area contributed by atoms with E-state index in [1.54, 1.807) is 6.07 Å². The monoisotopic (exact) mass is 312 g/mol. The highest BCUT2D eigenvalue weighted by Crippen LogP contribution is 2.30. The topological polar surface area (TPSA) is 55.6 Å². The van der Waals surface area contributed by atoms with Crippen molar-refractivity contribution in [2.45, 2.75) is 18.9 Å². The lowest BCUT2D eigenvalue weighted by Gasteiger charge is -2.19. The van der Waals surface area contributed by atoms with Gasteiger partial charge in [-0.15, -0.1) is 0 Å². The summed E-state index contributed by atoms with van der Waals surface area (Å²) in [5.41, 5.74) is 1.80. The molecule has 1 aliphatic rings. The van der Waals surface area contributed by atoms with E-state index >= 15 is 0 Å². The molecule has 1 fully saturated rings. The number of rotatable bonds is 5. The van der Waals surface area contributed by atoms with Crippen LogP contribution in [0.25, 0.3) is 11.1 Å². The van der Waals surface area contributed by atoms with Crippen LogP contribution >= 0.6 is 0 Å². The minimum absolute atomic E-state index is 0.0566. The first-order valence-electron chi connectivity index (χ1n) is 7.81. The van der Waals surface area contributed by atoms with Crippen LogP contribution in [0.5, 0.6) is 5.75 Å². The molecule has 5 heteroatoms. The second kappa shape index (κ2) is 6.79. The number of hydrogen-bond donors (Lipinski definition) is 0. The van der Waals surface area contributed by atoms with E-state index in [4.69, 9.17) is 4.74 Å². The molecule has 1 saturated heterocycles. The van der Waals surface area contributed by atoms with Crippen LogP contribution in [-0.2, 0) is 0 Å². The van der Waals surface area contributed by atoms with Gasteiger partial charge in [-0.05, 0) is 43.6 Å². The Morgan fingerprint density at radius 3 is 2.65 bits per heavy atom. The van der Waals surface area contributed by atoms with Crippen LogP contribution in [0.4, 0.5) is 5.69 Å². The van der Waals surface area contributed by atoms with Crippen LogP contribution in [0.3, 0.4) is 0 Å². The quantitative estimate of drug-likeness (QED) is 0.623. The minimum Gasteiger partial charge on any atom is -0.492 e. The highest BCUT2D eigenvalue weighted by Gasteiger charge is 2.21. The number of likely N-dealkylation sites (tertiary alicyclic amines) is 1. The summed E-state index contributed by atoms with van der Waals surface area (Å²) in [5.74, 6) is 0.554. The van der Waals surface area contributed by atoms with Crippen molar-refractivity contribution in [2.24, 2.45) is 0 Å². The molecule has 0 aromatic heterocycles. The Morgan fingerprint density at radius 1 is 1.22 bits per heavy atom. The average molecular weight is 312 g/mol. The van der Waals surface area contributed by atoms with E-state index in [1.807, 2.05) is 36.4 Å². The summed E-state index contributed by atoms with van der Waals surface area (Å²) >= 11 is 0. The SMILES string of the molecule is CN1CCC[C@H]1COc1cc(-c2ccccc2)cc([N+](=O)[O-])c1. The molecule has 5 nitrogen and oxygen atoms in total. The second-order valence-corrected chi connectivity index (χ2v) is 5.93. The van der Waals surface area contributed by atoms with E-state index in [0.717, 1.165) is 24.1 Å². The van der Waals surface area contributed by atoms with Crippen LogP contribution in [0.15, 0.2) is 48.5 Å². The van der Waals surface area contributed by atoms with Crippen LogP contribution in [0.2, 0.25) is 0 Å². The molecule has 0 N–H and O–H groups in total. The predicted molar refractivity (Wildman–Crippen MR) is 89.7 cm³/mol. The molecule has 0 radical (unpaired) electrons. The molecular formula is C18H20N2O3. The van der Waals surface area contributed by atoms with Gasteiger partial charge in [0.2, 0.25) is 0 Å². The fraction of sp³-hybridized carbons (Fsp3) is 0.333. The first kappa shape index (κ1) is 15.5. The van der Waals surface area contributed by atoms with Crippen molar-refractivity contribution < 1.29 is 9.66 Å². The molecule has 0 bridgehead atoms. The lowest BCUT2D eigenvalue weighted by Crippen LogP contribution is -2.30. The van der Waals surface area contributed by atoms with Gasteiger partial charge >= 0.3 is 0 Å². The standard InChI is InChI=1S/C18H20N2O3/c1-19-9-5-8-16(19)13-23-18-11-15(10-17(12-18)20(21)22)14-6-3-2-4-7-14/h2-4,6-7,10-12,16H,5,8-9,13H2,1H3/t16-/m0/s1. The van der Waals surface area contributed by atoms with Gasteiger partial charge in [0.15, 0.2) is 0 Å². The maximum Gasteiger partial charge on any atom is 0.273 e. The summed E-state index contributed by atoms with van der Waals surface area (Å²) in [6.07, 6.45) is 2.28. The van der Waals surface area contributed by atoms with Gasteiger partial charge < -0.3 is 9.64 Å². The molecule has 1 heterocycles. The van der Waals surface area contributed by atoms with Gasteiger partial charge in [0.1, 0.15) is 12.4 Å². The van der Waals surface area contributed by atoms with Crippen molar-refractivity contribution in [3.05, 3.63) is 58.6 Å². The predicted octanol–water partition coefficient (Wildman–Crippen LogP) is 3.73. The van der Waals surface area contributed by atoms with E-state index in [1.165, 1.54) is 12.5 Å². The molecule has 0 unspecified atom stereocenters. The number of non-ortho nitro benzene ring substituents is 1. The van der Waals surface area contributed by atoms with Crippen LogP contribution in [0.1, 0.15) is 12.8 Å². The number of nitro benzene ring substituents is 1. The van der Waals surface area contributed by atoms with Gasteiger partial charge in [-0.1, -0.05) is 30.3 Å². The zero-order chi connectivity index (χ0) is 16.2. The highest BCUT2D eigenvalue weighted by molar-refractivity contribution is 5.68. The summed E-state index contributed by atoms with van der Waals surface area (Å²) in [4.78, 5) is 13.1. The minimum atomic E-state index is -0.374. The zero-order valence-corrected chi connectivity index (χ0v) is 13.1. The normalized spacial score (nSPS) is 18.0. The van der Waals surface area contributed by atoms with Gasteiger partial charge in [0.05, 0.1) is 11.0 Å². The third kappa shape index (κ3) is 3.68. The molecule has 0 amide bonds. The Balaban J connectivity index is 1.84. The summed E-state index contributed by atoms with van der Waals surface area (Å²) in [6, 6.07) is 15.0. The smallest absolute Gasteiger partial charge is 0.273 e. The average Bonchev–Trinajstić information content (AvgIpc) is 2.98. The summed E-state index contributed by atoms with van der Waals surface area (Å²) in [6.45, 7) is 1.64. The number of benzene rings is 2. The fourth-order valence-electron chi connectivity index (χ4n) is 2.95. The van der Waals surface area contributed by atoms with Gasteiger partial charge in [0, 0.05) is 12.1 Å². The van der Waals surface area contributed by atoms with Gasteiger partial charge in [-0.3, -0.25) is 10.1 Å². The molecule has 2 aromatic rings. The fourth-order valence-corrected chi connectivity index (χ4v) is 2.95. The molecule has 0 saturated carbocycles. The van der Waals surface area contributed by atoms with Crippen molar-refractivity contribution in [1.82, 2.24) is 4.90 Å². The molecule has 1 atom stereocenters. The lowest BCUT2D eigenvalue weighted by molar-refractivity contribution is -0.384. The maximum atomic E-state index is 11.2. The summed E-state index contributed by atoms with van der Waals surface area (Å²) in [7, 11) is 2.09. The first-order chi connectivity index (χ1) is 11.1. The molecule has 2 aromatic carbocycles. The number of likely N-dealkylation sites (N-methyl/N-ethyl adjacent to an activating group) is 1. The maximum absolute atomic E-state index is 11.2. The van der Waals surface area contributed by atoms with Crippen LogP contribution in [0, 0.1) is 10.1 Å². The van der Waals surface area contributed by atoms with Crippen LogP contribution in [-0.4, -0.2) is 36.1 Å². The van der Waals surface area contributed by atoms with E-state index < -0.39 is 0 Å². The van der Waals surface area contributed by atoms with Crippen molar-refractivity contribution in [1.29, 1.82) is 0 Å². The molecular weight excluding hydrogens is 292 g/mol. The Labute approximate surface area is 135 Å². The molecule has 0 aliphatic carbocycles. The third-order valence-electron chi connectivity index (χ3n) is 4.32. The van der Waals surface area contributed by atoms with Crippen molar-refractivity contribution in [3.63, 3.8) is 0 Å². The largest absolute Gasteiger partial charge is 0.492 e. The Kier molecular flexibility index (Phi) is 4.57.